The van der Waals surface area contributed by atoms with E-state index in [1.807, 2.05) is 17.0 Å². The van der Waals surface area contributed by atoms with Crippen LogP contribution in [0.3, 0.4) is 0 Å². The van der Waals surface area contributed by atoms with Gasteiger partial charge in [0.05, 0.1) is 27.0 Å². The monoisotopic (exact) mass is 470 g/mol. The van der Waals surface area contributed by atoms with Gasteiger partial charge in [-0.15, -0.1) is 0 Å². The molecule has 1 aliphatic rings. The number of halogens is 2. The summed E-state index contributed by atoms with van der Waals surface area (Å²) < 4.78 is 43.2. The molecule has 0 atom stereocenters. The number of nitrogens with zero attached hydrogens (tertiary/aromatic N) is 4. The fourth-order valence-electron chi connectivity index (χ4n) is 3.94. The normalized spacial score (nSPS) is 14.4. The molecule has 34 heavy (non-hydrogen) atoms. The molecule has 0 amide bonds. The molecule has 1 saturated heterocycles. The number of anilines is 1. The molecule has 3 aromatic rings. The lowest BCUT2D eigenvalue weighted by atomic mass is 10.1. The number of rotatable bonds is 8. The summed E-state index contributed by atoms with van der Waals surface area (Å²) in [4.78, 5) is 13.1. The van der Waals surface area contributed by atoms with Crippen molar-refractivity contribution in [1.29, 1.82) is 0 Å². The first-order valence-electron chi connectivity index (χ1n) is 11.0. The molecule has 0 unspecified atom stereocenters. The van der Waals surface area contributed by atoms with Crippen LogP contribution in [0.2, 0.25) is 0 Å². The van der Waals surface area contributed by atoms with E-state index in [0.717, 1.165) is 25.4 Å². The van der Waals surface area contributed by atoms with Crippen molar-refractivity contribution in [2.75, 3.05) is 52.4 Å². The Morgan fingerprint density at radius 3 is 2.15 bits per heavy atom. The van der Waals surface area contributed by atoms with E-state index < -0.39 is 6.43 Å². The molecule has 1 fully saturated rings. The Labute approximate surface area is 197 Å². The molecule has 4 rings (SSSR count). The third-order valence-corrected chi connectivity index (χ3v) is 5.86. The van der Waals surface area contributed by atoms with Crippen LogP contribution in [0.4, 0.5) is 14.7 Å². The van der Waals surface area contributed by atoms with Crippen molar-refractivity contribution in [1.82, 2.24) is 14.9 Å². The van der Waals surface area contributed by atoms with Crippen LogP contribution in [0.15, 0.2) is 48.5 Å². The highest BCUT2D eigenvalue weighted by molar-refractivity contribution is 5.65. The highest BCUT2D eigenvalue weighted by Gasteiger charge is 2.22. The van der Waals surface area contributed by atoms with Gasteiger partial charge in [-0.05, 0) is 42.0 Å². The fourth-order valence-corrected chi connectivity index (χ4v) is 3.94. The molecule has 0 N–H and O–H groups in total. The van der Waals surface area contributed by atoms with Crippen LogP contribution in [-0.4, -0.2) is 62.4 Å². The van der Waals surface area contributed by atoms with Gasteiger partial charge >= 0.3 is 0 Å². The van der Waals surface area contributed by atoms with Crippen LogP contribution in [0, 0.1) is 0 Å². The first-order chi connectivity index (χ1) is 16.5. The summed E-state index contributed by atoms with van der Waals surface area (Å²) in [5, 5.41) is 0. The van der Waals surface area contributed by atoms with E-state index in [-0.39, 0.29) is 5.69 Å². The number of benzene rings is 2. The van der Waals surface area contributed by atoms with Crippen molar-refractivity contribution < 1.29 is 23.0 Å². The molecule has 0 radical (unpaired) electrons. The zero-order chi connectivity index (χ0) is 24.1. The maximum Gasteiger partial charge on any atom is 0.280 e. The average molecular weight is 471 g/mol. The number of hydrogen-bond donors (Lipinski definition) is 0. The number of ether oxygens (including phenoxy) is 3. The summed E-state index contributed by atoms with van der Waals surface area (Å²) in [6.45, 7) is 3.66. The summed E-state index contributed by atoms with van der Waals surface area (Å²) in [6.07, 6.45) is -2.70. The van der Waals surface area contributed by atoms with Gasteiger partial charge in [-0.1, -0.05) is 12.1 Å². The van der Waals surface area contributed by atoms with E-state index in [1.165, 1.54) is 18.7 Å². The Bertz CT molecular complexity index is 1100. The summed E-state index contributed by atoms with van der Waals surface area (Å²) >= 11 is 0. The number of aromatic nitrogens is 2. The summed E-state index contributed by atoms with van der Waals surface area (Å²) in [5.41, 5.74) is 1.97. The minimum absolute atomic E-state index is 0.296. The lowest BCUT2D eigenvalue weighted by molar-refractivity contribution is 0.146. The first-order valence-corrected chi connectivity index (χ1v) is 11.0. The van der Waals surface area contributed by atoms with Gasteiger partial charge in [0, 0.05) is 38.3 Å². The quantitative estimate of drug-likeness (QED) is 0.483. The standard InChI is InChI=1S/C25H28F2N4O3/c1-32-19-7-4-17(5-8-19)16-30-10-12-31(13-11-30)25-28-20(15-21(29-25)24(26)27)18-6-9-22(33-2)23(14-18)34-3/h4-9,14-15,24H,10-13,16H2,1-3H3. The summed E-state index contributed by atoms with van der Waals surface area (Å²) in [5.74, 6) is 2.20. The van der Waals surface area contributed by atoms with Crippen LogP contribution in [0.5, 0.6) is 17.2 Å². The zero-order valence-electron chi connectivity index (χ0n) is 19.5. The fraction of sp³-hybridized carbons (Fsp3) is 0.360. The number of methoxy groups -OCH3 is 3. The highest BCUT2D eigenvalue weighted by Crippen LogP contribution is 2.33. The smallest absolute Gasteiger partial charge is 0.280 e. The summed E-state index contributed by atoms with van der Waals surface area (Å²) in [6, 6.07) is 14.6. The van der Waals surface area contributed by atoms with E-state index >= 15 is 0 Å². The van der Waals surface area contributed by atoms with Crippen molar-refractivity contribution in [3.8, 4) is 28.5 Å². The lowest BCUT2D eigenvalue weighted by Gasteiger charge is -2.35. The summed E-state index contributed by atoms with van der Waals surface area (Å²) in [7, 11) is 4.72. The van der Waals surface area contributed by atoms with Crippen LogP contribution in [0.1, 0.15) is 17.7 Å². The van der Waals surface area contributed by atoms with Crippen molar-refractivity contribution in [2.45, 2.75) is 13.0 Å². The minimum Gasteiger partial charge on any atom is -0.497 e. The van der Waals surface area contributed by atoms with Crippen molar-refractivity contribution >= 4 is 5.95 Å². The van der Waals surface area contributed by atoms with Crippen LogP contribution < -0.4 is 19.1 Å². The molecule has 0 saturated carbocycles. The average Bonchev–Trinajstić information content (AvgIpc) is 2.88. The van der Waals surface area contributed by atoms with Gasteiger partial charge in [-0.25, -0.2) is 18.7 Å². The Balaban J connectivity index is 1.51. The molecule has 0 aliphatic carbocycles. The van der Waals surface area contributed by atoms with Crippen molar-refractivity contribution in [2.24, 2.45) is 0 Å². The molecule has 0 spiro atoms. The molecule has 9 heteroatoms. The van der Waals surface area contributed by atoms with E-state index in [1.54, 1.807) is 32.4 Å². The molecule has 0 bridgehead atoms. The third kappa shape index (κ3) is 5.36. The maximum atomic E-state index is 13.7. The Kier molecular flexibility index (Phi) is 7.42. The van der Waals surface area contributed by atoms with E-state index in [9.17, 15) is 8.78 Å². The predicted octanol–water partition coefficient (Wildman–Crippen LogP) is 4.43. The lowest BCUT2D eigenvalue weighted by Crippen LogP contribution is -2.46. The first kappa shape index (κ1) is 23.7. The predicted molar refractivity (Wildman–Crippen MR) is 126 cm³/mol. The van der Waals surface area contributed by atoms with E-state index in [4.69, 9.17) is 14.2 Å². The van der Waals surface area contributed by atoms with Crippen LogP contribution in [-0.2, 0) is 6.54 Å². The second-order valence-electron chi connectivity index (χ2n) is 7.96. The van der Waals surface area contributed by atoms with Gasteiger partial charge in [0.1, 0.15) is 11.4 Å². The Morgan fingerprint density at radius 1 is 0.824 bits per heavy atom. The Hall–Kier alpha value is -3.46. The number of alkyl halides is 2. The molecular formula is C25H28F2N4O3. The number of hydrogen-bond acceptors (Lipinski definition) is 7. The topological polar surface area (TPSA) is 60.0 Å². The van der Waals surface area contributed by atoms with Gasteiger partial charge in [0.25, 0.3) is 6.43 Å². The maximum absolute atomic E-state index is 13.7. The van der Waals surface area contributed by atoms with Gasteiger partial charge in [-0.3, -0.25) is 4.90 Å². The van der Waals surface area contributed by atoms with Gasteiger partial charge in [0.15, 0.2) is 11.5 Å². The van der Waals surface area contributed by atoms with Crippen molar-refractivity contribution in [3.05, 3.63) is 59.8 Å². The second kappa shape index (κ2) is 10.6. The van der Waals surface area contributed by atoms with E-state index in [2.05, 4.69) is 27.0 Å². The SMILES string of the molecule is COc1ccc(CN2CCN(c3nc(-c4ccc(OC)c(OC)c4)cc(C(F)F)n3)CC2)cc1. The van der Waals surface area contributed by atoms with Crippen LogP contribution in [0.25, 0.3) is 11.3 Å². The van der Waals surface area contributed by atoms with E-state index in [0.29, 0.717) is 41.8 Å². The molecular weight excluding hydrogens is 442 g/mol. The molecule has 180 valence electrons. The highest BCUT2D eigenvalue weighted by atomic mass is 19.3. The van der Waals surface area contributed by atoms with Crippen LogP contribution >= 0.6 is 0 Å². The van der Waals surface area contributed by atoms with Gasteiger partial charge in [-0.2, -0.15) is 0 Å². The second-order valence-corrected chi connectivity index (χ2v) is 7.96. The number of piperazine rings is 1. The molecule has 1 aliphatic heterocycles. The van der Waals surface area contributed by atoms with Crippen molar-refractivity contribution in [3.63, 3.8) is 0 Å². The molecule has 2 aromatic carbocycles. The Morgan fingerprint density at radius 2 is 1.53 bits per heavy atom. The van der Waals surface area contributed by atoms with Gasteiger partial charge < -0.3 is 19.1 Å². The molecule has 2 heterocycles. The van der Waals surface area contributed by atoms with Gasteiger partial charge in [0.2, 0.25) is 5.95 Å². The molecule has 7 nitrogen and oxygen atoms in total. The largest absolute Gasteiger partial charge is 0.497 e. The molecule has 1 aromatic heterocycles. The minimum atomic E-state index is -2.70. The zero-order valence-corrected chi connectivity index (χ0v) is 19.5. The third-order valence-electron chi connectivity index (χ3n) is 5.86.